The number of nitrogens with zero attached hydrogens (tertiary/aromatic N) is 1. The third-order valence-corrected chi connectivity index (χ3v) is 6.71. The van der Waals surface area contributed by atoms with Crippen molar-refractivity contribution in [1.82, 2.24) is 4.90 Å². The Kier molecular flexibility index (Phi) is 6.92. The Hall–Kier alpha value is -2.70. The summed E-state index contributed by atoms with van der Waals surface area (Å²) in [7, 11) is 0. The Bertz CT molecular complexity index is 1030. The predicted molar refractivity (Wildman–Crippen MR) is 125 cm³/mol. The van der Waals surface area contributed by atoms with Crippen LogP contribution in [-0.4, -0.2) is 35.6 Å². The van der Waals surface area contributed by atoms with Gasteiger partial charge in [-0.25, -0.2) is 0 Å². The molecule has 2 aliphatic rings. The number of amides is 2. The molecule has 2 aromatic carbocycles. The van der Waals surface area contributed by atoms with E-state index in [1.807, 2.05) is 17.0 Å². The first kappa shape index (κ1) is 22.5. The molecule has 32 heavy (non-hydrogen) atoms. The third-order valence-electron chi connectivity index (χ3n) is 6.50. The summed E-state index contributed by atoms with van der Waals surface area (Å²) < 4.78 is 0. The molecule has 1 saturated heterocycles. The van der Waals surface area contributed by atoms with Crippen molar-refractivity contribution >= 4 is 34.9 Å². The molecule has 7 heteroatoms. The first-order valence-corrected chi connectivity index (χ1v) is 11.5. The molecule has 0 aromatic heterocycles. The van der Waals surface area contributed by atoms with Crippen LogP contribution in [0, 0.1) is 5.92 Å². The zero-order valence-corrected chi connectivity index (χ0v) is 18.7. The molecule has 1 atom stereocenters. The number of nitrogens with one attached hydrogen (secondary N) is 1. The first-order valence-electron chi connectivity index (χ1n) is 11.1. The van der Waals surface area contributed by atoms with Gasteiger partial charge in [-0.1, -0.05) is 35.9 Å². The highest BCUT2D eigenvalue weighted by Gasteiger charge is 2.30. The molecule has 1 unspecified atom stereocenters. The summed E-state index contributed by atoms with van der Waals surface area (Å²) >= 11 is 6.23. The van der Waals surface area contributed by atoms with Crippen LogP contribution in [0.1, 0.15) is 59.5 Å². The summed E-state index contributed by atoms with van der Waals surface area (Å²) in [6.07, 6.45) is 3.27. The molecule has 0 bridgehead atoms. The third kappa shape index (κ3) is 5.19. The SMILES string of the molecule is NCc1cccc(C2CCN(C(=O)c3cc(Cl)cc(NC(=O)CC4CCC4=O)c3)CC2)c1. The molecule has 4 rings (SSSR count). The van der Waals surface area contributed by atoms with Crippen molar-refractivity contribution in [3.63, 3.8) is 0 Å². The first-order chi connectivity index (χ1) is 15.4. The summed E-state index contributed by atoms with van der Waals surface area (Å²) in [6, 6.07) is 13.3. The van der Waals surface area contributed by atoms with Crippen LogP contribution < -0.4 is 11.1 Å². The number of hydrogen-bond acceptors (Lipinski definition) is 4. The Morgan fingerprint density at radius 2 is 1.88 bits per heavy atom. The Balaban J connectivity index is 1.37. The van der Waals surface area contributed by atoms with Gasteiger partial charge in [-0.15, -0.1) is 0 Å². The number of piperidine rings is 1. The van der Waals surface area contributed by atoms with Gasteiger partial charge in [0.1, 0.15) is 5.78 Å². The second-order valence-electron chi connectivity index (χ2n) is 8.70. The number of ketones is 1. The number of carbonyl (C=O) groups is 3. The molecule has 1 saturated carbocycles. The molecule has 1 aliphatic carbocycles. The monoisotopic (exact) mass is 453 g/mol. The summed E-state index contributed by atoms with van der Waals surface area (Å²) in [5.41, 5.74) is 9.09. The normalized spacial score (nSPS) is 18.9. The van der Waals surface area contributed by atoms with Gasteiger partial charge in [0, 0.05) is 54.7 Å². The summed E-state index contributed by atoms with van der Waals surface area (Å²) in [6.45, 7) is 1.85. The average molecular weight is 454 g/mol. The van der Waals surface area contributed by atoms with Crippen molar-refractivity contribution in [3.8, 4) is 0 Å². The van der Waals surface area contributed by atoms with Crippen LogP contribution in [0.4, 0.5) is 5.69 Å². The number of benzene rings is 2. The van der Waals surface area contributed by atoms with Crippen LogP contribution in [0.25, 0.3) is 0 Å². The van der Waals surface area contributed by atoms with Gasteiger partial charge in [0.05, 0.1) is 0 Å². The second kappa shape index (κ2) is 9.84. The number of carbonyl (C=O) groups excluding carboxylic acids is 3. The maximum atomic E-state index is 13.1. The van der Waals surface area contributed by atoms with Gasteiger partial charge in [-0.3, -0.25) is 14.4 Å². The molecular formula is C25H28ClN3O3. The number of hydrogen-bond donors (Lipinski definition) is 2. The largest absolute Gasteiger partial charge is 0.339 e. The lowest BCUT2D eigenvalue weighted by molar-refractivity contribution is -0.132. The minimum atomic E-state index is -0.232. The van der Waals surface area contributed by atoms with Crippen LogP contribution >= 0.6 is 11.6 Å². The van der Waals surface area contributed by atoms with Crippen LogP contribution in [0.2, 0.25) is 5.02 Å². The van der Waals surface area contributed by atoms with E-state index < -0.39 is 0 Å². The highest BCUT2D eigenvalue weighted by Crippen LogP contribution is 2.30. The van der Waals surface area contributed by atoms with E-state index in [0.717, 1.165) is 24.8 Å². The van der Waals surface area contributed by atoms with Crippen molar-refractivity contribution in [3.05, 3.63) is 64.2 Å². The summed E-state index contributed by atoms with van der Waals surface area (Å²) in [5, 5.41) is 3.17. The van der Waals surface area contributed by atoms with Crippen LogP contribution in [0.3, 0.4) is 0 Å². The molecular weight excluding hydrogens is 426 g/mol. The van der Waals surface area contributed by atoms with E-state index >= 15 is 0 Å². The van der Waals surface area contributed by atoms with Crippen LogP contribution in [-0.2, 0) is 16.1 Å². The lowest BCUT2D eigenvalue weighted by Gasteiger charge is -2.32. The Morgan fingerprint density at radius 3 is 2.53 bits per heavy atom. The van der Waals surface area contributed by atoms with Gasteiger partial charge in [-0.05, 0) is 54.5 Å². The number of halogens is 1. The van der Waals surface area contributed by atoms with Crippen molar-refractivity contribution in [2.75, 3.05) is 18.4 Å². The summed E-state index contributed by atoms with van der Waals surface area (Å²) in [5.74, 6) is 0.0481. The van der Waals surface area contributed by atoms with Crippen LogP contribution in [0.15, 0.2) is 42.5 Å². The highest BCUT2D eigenvalue weighted by molar-refractivity contribution is 6.31. The molecule has 2 fully saturated rings. The van der Waals surface area contributed by atoms with E-state index in [-0.39, 0.29) is 29.9 Å². The molecule has 168 valence electrons. The van der Waals surface area contributed by atoms with Gasteiger partial charge in [0.15, 0.2) is 0 Å². The fourth-order valence-electron chi connectivity index (χ4n) is 4.48. The standard InChI is InChI=1S/C25H28ClN3O3/c26-21-11-20(12-22(14-21)28-24(31)13-19-4-5-23(19)30)25(32)29-8-6-17(7-9-29)18-3-1-2-16(10-18)15-27/h1-3,10-12,14,17,19H,4-9,13,15,27H2,(H,28,31). The number of likely N-dealkylation sites (tertiary alicyclic amines) is 1. The van der Waals surface area contributed by atoms with E-state index in [2.05, 4.69) is 17.4 Å². The second-order valence-corrected chi connectivity index (χ2v) is 9.13. The quantitative estimate of drug-likeness (QED) is 0.687. The molecule has 3 N–H and O–H groups in total. The molecule has 1 heterocycles. The van der Waals surface area contributed by atoms with Gasteiger partial charge in [0.25, 0.3) is 5.91 Å². The lowest BCUT2D eigenvalue weighted by Crippen LogP contribution is -2.38. The van der Waals surface area contributed by atoms with E-state index in [9.17, 15) is 14.4 Å². The minimum Gasteiger partial charge on any atom is -0.339 e. The number of nitrogens with two attached hydrogens (primary N) is 1. The Labute approximate surface area is 193 Å². The summed E-state index contributed by atoms with van der Waals surface area (Å²) in [4.78, 5) is 38.7. The zero-order valence-electron chi connectivity index (χ0n) is 18.0. The molecule has 0 spiro atoms. The molecule has 1 aliphatic heterocycles. The van der Waals surface area contributed by atoms with Gasteiger partial charge in [-0.2, -0.15) is 0 Å². The van der Waals surface area contributed by atoms with Crippen molar-refractivity contribution in [1.29, 1.82) is 0 Å². The maximum Gasteiger partial charge on any atom is 0.253 e. The molecule has 0 radical (unpaired) electrons. The van der Waals surface area contributed by atoms with Crippen LogP contribution in [0.5, 0.6) is 0 Å². The number of anilines is 1. The highest BCUT2D eigenvalue weighted by atomic mass is 35.5. The molecule has 2 amide bonds. The number of rotatable bonds is 6. The van der Waals surface area contributed by atoms with E-state index in [0.29, 0.717) is 48.2 Å². The van der Waals surface area contributed by atoms with Crippen molar-refractivity contribution in [2.24, 2.45) is 11.7 Å². The van der Waals surface area contributed by atoms with E-state index in [4.69, 9.17) is 17.3 Å². The fraction of sp³-hybridized carbons (Fsp3) is 0.400. The van der Waals surface area contributed by atoms with Gasteiger partial charge < -0.3 is 16.0 Å². The predicted octanol–water partition coefficient (Wildman–Crippen LogP) is 4.13. The zero-order chi connectivity index (χ0) is 22.7. The smallest absolute Gasteiger partial charge is 0.253 e. The average Bonchev–Trinajstić information content (AvgIpc) is 2.81. The van der Waals surface area contributed by atoms with E-state index in [1.54, 1.807) is 18.2 Å². The lowest BCUT2D eigenvalue weighted by atomic mass is 9.81. The molecule has 2 aromatic rings. The minimum absolute atomic E-state index is 0.0914. The van der Waals surface area contributed by atoms with Crippen molar-refractivity contribution < 1.29 is 14.4 Å². The van der Waals surface area contributed by atoms with Gasteiger partial charge in [0.2, 0.25) is 5.91 Å². The fourth-order valence-corrected chi connectivity index (χ4v) is 4.71. The Morgan fingerprint density at radius 1 is 1.09 bits per heavy atom. The molecule has 6 nitrogen and oxygen atoms in total. The maximum absolute atomic E-state index is 13.1. The van der Waals surface area contributed by atoms with Crippen molar-refractivity contribution in [2.45, 2.75) is 44.6 Å². The van der Waals surface area contributed by atoms with Gasteiger partial charge >= 0.3 is 0 Å². The van der Waals surface area contributed by atoms with E-state index in [1.165, 1.54) is 5.56 Å². The number of Topliss-reactive ketones (excluding diaryl/α,β-unsaturated/α-hetero) is 1. The topological polar surface area (TPSA) is 92.5 Å².